The third-order valence-electron chi connectivity index (χ3n) is 1.40. The van der Waals surface area contributed by atoms with Crippen LogP contribution in [-0.2, 0) is 9.36 Å². The van der Waals surface area contributed by atoms with Gasteiger partial charge in [0.15, 0.2) is 0 Å². The van der Waals surface area contributed by atoms with Gasteiger partial charge in [0, 0.05) is 6.54 Å². The molecule has 7 heteroatoms. The highest BCUT2D eigenvalue weighted by atomic mass is 31.2. The van der Waals surface area contributed by atoms with Crippen LogP contribution in [0.15, 0.2) is 0 Å². The van der Waals surface area contributed by atoms with E-state index in [4.69, 9.17) is 20.6 Å². The standard InChI is InChI=1S/C5H12NO5P/c6-3-4(5(7)8)1-2-12(9,10)11/h4H,1-3,6H2,(H,7,8)(H2,9,10,11). The van der Waals surface area contributed by atoms with Gasteiger partial charge in [-0.05, 0) is 6.42 Å². The molecule has 0 aliphatic rings. The summed E-state index contributed by atoms with van der Waals surface area (Å²) in [5, 5.41) is 8.44. The molecule has 0 amide bonds. The van der Waals surface area contributed by atoms with Crippen LogP contribution < -0.4 is 5.73 Å². The van der Waals surface area contributed by atoms with Crippen molar-refractivity contribution in [3.05, 3.63) is 0 Å². The summed E-state index contributed by atoms with van der Waals surface area (Å²) in [6, 6.07) is 0. The number of rotatable bonds is 5. The number of aliphatic carboxylic acids is 1. The topological polar surface area (TPSA) is 121 Å². The third-order valence-corrected chi connectivity index (χ3v) is 2.24. The SMILES string of the molecule is NCC(CCP(=O)(O)O)C(=O)O. The van der Waals surface area contributed by atoms with E-state index in [-0.39, 0.29) is 13.0 Å². The molecule has 0 spiro atoms. The Morgan fingerprint density at radius 3 is 2.25 bits per heavy atom. The molecule has 0 saturated carbocycles. The first-order valence-electron chi connectivity index (χ1n) is 3.34. The highest BCUT2D eigenvalue weighted by molar-refractivity contribution is 7.51. The lowest BCUT2D eigenvalue weighted by molar-refractivity contribution is -0.141. The number of nitrogens with two attached hydrogens (primary N) is 1. The van der Waals surface area contributed by atoms with Crippen LogP contribution in [0.2, 0.25) is 0 Å². The number of hydrogen-bond acceptors (Lipinski definition) is 3. The van der Waals surface area contributed by atoms with Gasteiger partial charge in [-0.2, -0.15) is 0 Å². The van der Waals surface area contributed by atoms with Crippen molar-refractivity contribution < 1.29 is 24.3 Å². The van der Waals surface area contributed by atoms with Crippen molar-refractivity contribution in [3.8, 4) is 0 Å². The van der Waals surface area contributed by atoms with E-state index < -0.39 is 25.6 Å². The van der Waals surface area contributed by atoms with Gasteiger partial charge in [0.25, 0.3) is 0 Å². The van der Waals surface area contributed by atoms with E-state index in [9.17, 15) is 9.36 Å². The van der Waals surface area contributed by atoms with Gasteiger partial charge in [-0.3, -0.25) is 9.36 Å². The summed E-state index contributed by atoms with van der Waals surface area (Å²) in [6.45, 7) is -0.102. The van der Waals surface area contributed by atoms with Gasteiger partial charge in [-0.25, -0.2) is 0 Å². The lowest BCUT2D eigenvalue weighted by atomic mass is 10.1. The van der Waals surface area contributed by atoms with Gasteiger partial charge in [-0.1, -0.05) is 0 Å². The van der Waals surface area contributed by atoms with Crippen LogP contribution in [0.5, 0.6) is 0 Å². The van der Waals surface area contributed by atoms with Crippen LogP contribution in [0.4, 0.5) is 0 Å². The largest absolute Gasteiger partial charge is 0.481 e. The zero-order valence-corrected chi connectivity index (χ0v) is 7.28. The molecule has 0 aromatic rings. The van der Waals surface area contributed by atoms with Crippen molar-refractivity contribution in [3.63, 3.8) is 0 Å². The predicted molar refractivity (Wildman–Crippen MR) is 41.7 cm³/mol. The third kappa shape index (κ3) is 5.26. The van der Waals surface area contributed by atoms with Crippen LogP contribution in [0.3, 0.4) is 0 Å². The second-order valence-electron chi connectivity index (χ2n) is 2.45. The van der Waals surface area contributed by atoms with Gasteiger partial charge in [0.2, 0.25) is 0 Å². The lowest BCUT2D eigenvalue weighted by Gasteiger charge is -2.09. The smallest absolute Gasteiger partial charge is 0.325 e. The Morgan fingerprint density at radius 2 is 2.00 bits per heavy atom. The highest BCUT2D eigenvalue weighted by Crippen LogP contribution is 2.35. The van der Waals surface area contributed by atoms with Gasteiger partial charge in [-0.15, -0.1) is 0 Å². The minimum Gasteiger partial charge on any atom is -0.481 e. The van der Waals surface area contributed by atoms with E-state index in [1.807, 2.05) is 0 Å². The highest BCUT2D eigenvalue weighted by Gasteiger charge is 2.20. The molecule has 0 aromatic heterocycles. The molecule has 0 saturated heterocycles. The van der Waals surface area contributed by atoms with Crippen LogP contribution in [0.1, 0.15) is 6.42 Å². The normalized spacial score (nSPS) is 14.2. The number of carbonyl (C=O) groups is 1. The molecule has 5 N–H and O–H groups in total. The molecule has 1 atom stereocenters. The number of carboxylic acids is 1. The maximum Gasteiger partial charge on any atom is 0.325 e. The zero-order valence-electron chi connectivity index (χ0n) is 6.38. The average molecular weight is 197 g/mol. The minimum absolute atomic E-state index is 0.0872. The van der Waals surface area contributed by atoms with Gasteiger partial charge < -0.3 is 20.6 Å². The second-order valence-corrected chi connectivity index (χ2v) is 4.22. The first-order valence-corrected chi connectivity index (χ1v) is 5.14. The Morgan fingerprint density at radius 1 is 1.50 bits per heavy atom. The Hall–Kier alpha value is -0.420. The van der Waals surface area contributed by atoms with Crippen LogP contribution in [0.25, 0.3) is 0 Å². The molecule has 0 aliphatic heterocycles. The van der Waals surface area contributed by atoms with E-state index >= 15 is 0 Å². The van der Waals surface area contributed by atoms with E-state index in [0.29, 0.717) is 0 Å². The van der Waals surface area contributed by atoms with E-state index in [0.717, 1.165) is 0 Å². The van der Waals surface area contributed by atoms with Crippen molar-refractivity contribution in [2.75, 3.05) is 12.7 Å². The summed E-state index contributed by atoms with van der Waals surface area (Å²) >= 11 is 0. The average Bonchev–Trinajstić information content (AvgIpc) is 1.85. The van der Waals surface area contributed by atoms with E-state index in [2.05, 4.69) is 0 Å². The molecule has 0 aliphatic carbocycles. The molecule has 0 radical (unpaired) electrons. The quantitative estimate of drug-likeness (QED) is 0.429. The van der Waals surface area contributed by atoms with Crippen molar-refractivity contribution in [2.24, 2.45) is 11.7 Å². The zero-order chi connectivity index (χ0) is 9.78. The summed E-state index contributed by atoms with van der Waals surface area (Å²) in [4.78, 5) is 27.2. The Kier molecular flexibility index (Phi) is 4.41. The van der Waals surface area contributed by atoms with Crippen molar-refractivity contribution in [2.45, 2.75) is 6.42 Å². The molecule has 0 bridgehead atoms. The monoisotopic (exact) mass is 197 g/mol. The fourth-order valence-corrected chi connectivity index (χ4v) is 1.31. The molecule has 0 fully saturated rings. The van der Waals surface area contributed by atoms with Crippen molar-refractivity contribution in [1.82, 2.24) is 0 Å². The fourth-order valence-electron chi connectivity index (χ4n) is 0.666. The van der Waals surface area contributed by atoms with Crippen LogP contribution in [-0.4, -0.2) is 33.6 Å². The molecular formula is C5H12NO5P. The van der Waals surface area contributed by atoms with E-state index in [1.54, 1.807) is 0 Å². The molecule has 1 unspecified atom stereocenters. The van der Waals surface area contributed by atoms with Gasteiger partial charge >= 0.3 is 13.6 Å². The summed E-state index contributed by atoms with van der Waals surface area (Å²) in [6.07, 6.45) is -0.517. The van der Waals surface area contributed by atoms with Crippen LogP contribution in [0, 0.1) is 5.92 Å². The minimum atomic E-state index is -4.09. The van der Waals surface area contributed by atoms with E-state index in [1.165, 1.54) is 0 Å². The first-order chi connectivity index (χ1) is 5.37. The lowest BCUT2D eigenvalue weighted by Crippen LogP contribution is -2.24. The van der Waals surface area contributed by atoms with Gasteiger partial charge in [0.05, 0.1) is 12.1 Å². The maximum atomic E-state index is 10.3. The summed E-state index contributed by atoms with van der Waals surface area (Å²) in [5.41, 5.74) is 5.07. The molecule has 6 nitrogen and oxygen atoms in total. The fraction of sp³-hybridized carbons (Fsp3) is 0.800. The van der Waals surface area contributed by atoms with Crippen LogP contribution >= 0.6 is 7.60 Å². The number of hydrogen-bond donors (Lipinski definition) is 4. The molecule has 12 heavy (non-hydrogen) atoms. The molecule has 0 rings (SSSR count). The molecule has 72 valence electrons. The van der Waals surface area contributed by atoms with Crippen molar-refractivity contribution >= 4 is 13.6 Å². The molecule has 0 heterocycles. The number of carboxylic acid groups (broad SMARTS) is 1. The maximum absolute atomic E-state index is 10.3. The predicted octanol–water partition coefficient (Wildman–Crippen LogP) is -0.786. The molecule has 0 aromatic carbocycles. The Balaban J connectivity index is 3.90. The first kappa shape index (κ1) is 11.6. The molecular weight excluding hydrogens is 185 g/mol. The summed E-state index contributed by atoms with van der Waals surface area (Å²) in [7, 11) is -4.09. The summed E-state index contributed by atoms with van der Waals surface area (Å²) in [5.74, 6) is -1.98. The second kappa shape index (κ2) is 4.57. The van der Waals surface area contributed by atoms with Crippen molar-refractivity contribution in [1.29, 1.82) is 0 Å². The van der Waals surface area contributed by atoms with Gasteiger partial charge in [0.1, 0.15) is 0 Å². The Bertz CT molecular complexity index is 200. The summed E-state index contributed by atoms with van der Waals surface area (Å²) < 4.78 is 10.3. The Labute approximate surface area is 69.5 Å².